The van der Waals surface area contributed by atoms with E-state index in [2.05, 4.69) is 5.32 Å². The standard InChI is InChI=1S/C12H18N2O4/c1-3-13-8-12(2,15)9-18-11-6-4-10(5-7-11)14(16)17/h4-7,13,15H,3,8-9H2,1-2H3. The molecule has 6 heteroatoms. The Morgan fingerprint density at radius 1 is 1.44 bits per heavy atom. The highest BCUT2D eigenvalue weighted by Gasteiger charge is 2.20. The van der Waals surface area contributed by atoms with Crippen LogP contribution < -0.4 is 10.1 Å². The van der Waals surface area contributed by atoms with Crippen LogP contribution >= 0.6 is 0 Å². The number of hydrogen-bond acceptors (Lipinski definition) is 5. The Morgan fingerprint density at radius 3 is 2.56 bits per heavy atom. The minimum atomic E-state index is -0.974. The first-order valence-corrected chi connectivity index (χ1v) is 5.75. The number of nitro benzene ring substituents is 1. The van der Waals surface area contributed by atoms with Crippen molar-refractivity contribution < 1.29 is 14.8 Å². The summed E-state index contributed by atoms with van der Waals surface area (Å²) >= 11 is 0. The maximum Gasteiger partial charge on any atom is 0.269 e. The molecule has 0 aliphatic rings. The molecule has 0 spiro atoms. The van der Waals surface area contributed by atoms with Crippen molar-refractivity contribution in [3.63, 3.8) is 0 Å². The number of likely N-dealkylation sites (N-methyl/N-ethyl adjacent to an activating group) is 1. The van der Waals surface area contributed by atoms with Gasteiger partial charge in [-0.3, -0.25) is 10.1 Å². The maximum absolute atomic E-state index is 10.5. The number of non-ortho nitro benzene ring substituents is 1. The van der Waals surface area contributed by atoms with E-state index >= 15 is 0 Å². The highest BCUT2D eigenvalue weighted by Crippen LogP contribution is 2.18. The molecule has 18 heavy (non-hydrogen) atoms. The van der Waals surface area contributed by atoms with Gasteiger partial charge in [0.25, 0.3) is 5.69 Å². The molecule has 0 aliphatic heterocycles. The van der Waals surface area contributed by atoms with Crippen molar-refractivity contribution in [1.29, 1.82) is 0 Å². The highest BCUT2D eigenvalue weighted by atomic mass is 16.6. The number of nitrogens with one attached hydrogen (secondary N) is 1. The molecular formula is C12H18N2O4. The van der Waals surface area contributed by atoms with E-state index in [1.165, 1.54) is 24.3 Å². The van der Waals surface area contributed by atoms with Crippen molar-refractivity contribution in [2.24, 2.45) is 0 Å². The molecular weight excluding hydrogens is 236 g/mol. The van der Waals surface area contributed by atoms with Crippen LogP contribution in [0.25, 0.3) is 0 Å². The smallest absolute Gasteiger partial charge is 0.269 e. The van der Waals surface area contributed by atoms with Crippen LogP contribution in [0.3, 0.4) is 0 Å². The summed E-state index contributed by atoms with van der Waals surface area (Å²) in [5.41, 5.74) is -0.959. The minimum absolute atomic E-state index is 0.0155. The number of nitrogens with zero attached hydrogens (tertiary/aromatic N) is 1. The first kappa shape index (κ1) is 14.4. The third-order valence-electron chi connectivity index (χ3n) is 2.35. The van der Waals surface area contributed by atoms with Gasteiger partial charge in [-0.05, 0) is 25.6 Å². The quantitative estimate of drug-likeness (QED) is 0.566. The molecule has 0 aromatic heterocycles. The maximum atomic E-state index is 10.5. The van der Waals surface area contributed by atoms with E-state index in [0.29, 0.717) is 12.3 Å². The van der Waals surface area contributed by atoms with E-state index in [-0.39, 0.29) is 12.3 Å². The Morgan fingerprint density at radius 2 is 2.06 bits per heavy atom. The summed E-state index contributed by atoms with van der Waals surface area (Å²) < 4.78 is 5.39. The van der Waals surface area contributed by atoms with Crippen molar-refractivity contribution in [3.8, 4) is 5.75 Å². The molecule has 0 aliphatic carbocycles. The number of aliphatic hydroxyl groups is 1. The van der Waals surface area contributed by atoms with Crippen LogP contribution in [-0.2, 0) is 0 Å². The van der Waals surface area contributed by atoms with E-state index < -0.39 is 10.5 Å². The molecule has 0 radical (unpaired) electrons. The Bertz CT molecular complexity index is 390. The van der Waals surface area contributed by atoms with E-state index in [4.69, 9.17) is 4.74 Å². The lowest BCUT2D eigenvalue weighted by molar-refractivity contribution is -0.384. The zero-order valence-electron chi connectivity index (χ0n) is 10.5. The van der Waals surface area contributed by atoms with Crippen LogP contribution in [0.2, 0.25) is 0 Å². The molecule has 0 bridgehead atoms. The van der Waals surface area contributed by atoms with Gasteiger partial charge in [0.1, 0.15) is 18.0 Å². The van der Waals surface area contributed by atoms with Gasteiger partial charge in [-0.1, -0.05) is 6.92 Å². The second-order valence-electron chi connectivity index (χ2n) is 4.32. The van der Waals surface area contributed by atoms with E-state index in [9.17, 15) is 15.2 Å². The summed E-state index contributed by atoms with van der Waals surface area (Å²) in [4.78, 5) is 10.00. The van der Waals surface area contributed by atoms with E-state index in [0.717, 1.165) is 6.54 Å². The second kappa shape index (κ2) is 6.32. The first-order valence-electron chi connectivity index (χ1n) is 5.75. The Balaban J connectivity index is 2.50. The first-order chi connectivity index (χ1) is 8.44. The second-order valence-corrected chi connectivity index (χ2v) is 4.32. The summed E-state index contributed by atoms with van der Waals surface area (Å²) in [5, 5.41) is 23.4. The van der Waals surface area contributed by atoms with Crippen LogP contribution in [0.15, 0.2) is 24.3 Å². The average Bonchev–Trinajstić information content (AvgIpc) is 2.35. The summed E-state index contributed by atoms with van der Waals surface area (Å²) in [6.45, 7) is 4.94. The minimum Gasteiger partial charge on any atom is -0.491 e. The summed E-state index contributed by atoms with van der Waals surface area (Å²) in [6.07, 6.45) is 0. The summed E-state index contributed by atoms with van der Waals surface area (Å²) in [5.74, 6) is 0.498. The van der Waals surface area contributed by atoms with Crippen molar-refractivity contribution in [1.82, 2.24) is 5.32 Å². The van der Waals surface area contributed by atoms with Gasteiger partial charge < -0.3 is 15.2 Å². The number of ether oxygens (including phenoxy) is 1. The molecule has 0 heterocycles. The van der Waals surface area contributed by atoms with Crippen LogP contribution in [0.4, 0.5) is 5.69 Å². The lowest BCUT2D eigenvalue weighted by Gasteiger charge is -2.23. The van der Waals surface area contributed by atoms with E-state index in [1.807, 2.05) is 6.92 Å². The van der Waals surface area contributed by atoms with Crippen molar-refractivity contribution in [2.75, 3.05) is 19.7 Å². The molecule has 1 rings (SSSR count). The molecule has 0 saturated heterocycles. The van der Waals surface area contributed by atoms with Gasteiger partial charge in [0.15, 0.2) is 0 Å². The molecule has 0 saturated carbocycles. The third-order valence-corrected chi connectivity index (χ3v) is 2.35. The number of rotatable bonds is 7. The molecule has 100 valence electrons. The van der Waals surface area contributed by atoms with Crippen molar-refractivity contribution in [2.45, 2.75) is 19.4 Å². The van der Waals surface area contributed by atoms with Crippen LogP contribution in [0.5, 0.6) is 5.75 Å². The van der Waals surface area contributed by atoms with Crippen LogP contribution in [0.1, 0.15) is 13.8 Å². The summed E-state index contributed by atoms with van der Waals surface area (Å²) in [6, 6.07) is 5.77. The molecule has 1 atom stereocenters. The van der Waals surface area contributed by atoms with Gasteiger partial charge >= 0.3 is 0 Å². The molecule has 1 unspecified atom stereocenters. The fourth-order valence-corrected chi connectivity index (χ4v) is 1.35. The fourth-order valence-electron chi connectivity index (χ4n) is 1.35. The van der Waals surface area contributed by atoms with E-state index in [1.54, 1.807) is 6.92 Å². The fraction of sp³-hybridized carbons (Fsp3) is 0.500. The van der Waals surface area contributed by atoms with Gasteiger partial charge in [-0.25, -0.2) is 0 Å². The van der Waals surface area contributed by atoms with Crippen LogP contribution in [-0.4, -0.2) is 35.3 Å². The average molecular weight is 254 g/mol. The molecule has 6 nitrogen and oxygen atoms in total. The lowest BCUT2D eigenvalue weighted by Crippen LogP contribution is -2.42. The van der Waals surface area contributed by atoms with Crippen molar-refractivity contribution >= 4 is 5.69 Å². The molecule has 1 aromatic carbocycles. The van der Waals surface area contributed by atoms with Crippen molar-refractivity contribution in [3.05, 3.63) is 34.4 Å². The molecule has 0 amide bonds. The molecule has 0 fully saturated rings. The Kier molecular flexibility index (Phi) is 5.06. The Labute approximate surface area is 106 Å². The zero-order chi connectivity index (χ0) is 13.6. The normalized spacial score (nSPS) is 13.9. The van der Waals surface area contributed by atoms with Crippen LogP contribution in [0, 0.1) is 10.1 Å². The third kappa shape index (κ3) is 4.68. The monoisotopic (exact) mass is 254 g/mol. The molecule has 1 aromatic rings. The largest absolute Gasteiger partial charge is 0.491 e. The topological polar surface area (TPSA) is 84.6 Å². The number of nitro groups is 1. The predicted octanol–water partition coefficient (Wildman–Crippen LogP) is 1.33. The van der Waals surface area contributed by atoms with Gasteiger partial charge in [-0.15, -0.1) is 0 Å². The van der Waals surface area contributed by atoms with Gasteiger partial charge in [0, 0.05) is 18.7 Å². The highest BCUT2D eigenvalue weighted by molar-refractivity contribution is 5.35. The number of hydrogen-bond donors (Lipinski definition) is 2. The van der Waals surface area contributed by atoms with Gasteiger partial charge in [0.2, 0.25) is 0 Å². The predicted molar refractivity (Wildman–Crippen MR) is 67.8 cm³/mol. The Hall–Kier alpha value is -1.66. The lowest BCUT2D eigenvalue weighted by atomic mass is 10.1. The van der Waals surface area contributed by atoms with Gasteiger partial charge in [0.05, 0.1) is 4.92 Å². The number of benzene rings is 1. The zero-order valence-corrected chi connectivity index (χ0v) is 10.5. The summed E-state index contributed by atoms with van der Waals surface area (Å²) in [7, 11) is 0. The molecule has 2 N–H and O–H groups in total. The van der Waals surface area contributed by atoms with Gasteiger partial charge in [-0.2, -0.15) is 0 Å². The SMILES string of the molecule is CCNCC(C)(O)COc1ccc([N+](=O)[O-])cc1.